The first-order chi connectivity index (χ1) is 15.6. The summed E-state index contributed by atoms with van der Waals surface area (Å²) in [4.78, 5) is 29.2. The Labute approximate surface area is 186 Å². The Balaban J connectivity index is 1.65. The van der Waals surface area contributed by atoms with E-state index in [1.807, 2.05) is 0 Å². The number of furan rings is 1. The molecule has 11 nitrogen and oxygen atoms in total. The normalized spacial score (nSPS) is 18.6. The van der Waals surface area contributed by atoms with Crippen molar-refractivity contribution in [3.05, 3.63) is 48.4 Å². The van der Waals surface area contributed by atoms with Crippen molar-refractivity contribution in [3.8, 4) is 11.6 Å². The first-order valence-corrected chi connectivity index (χ1v) is 11.6. The molecule has 0 aliphatic carbocycles. The first kappa shape index (κ1) is 20.8. The molecule has 0 spiro atoms. The fourth-order valence-electron chi connectivity index (χ4n) is 3.90. The van der Waals surface area contributed by atoms with Crippen molar-refractivity contribution in [2.24, 2.45) is 0 Å². The van der Waals surface area contributed by atoms with E-state index in [0.29, 0.717) is 16.5 Å². The Morgan fingerprint density at radius 3 is 2.67 bits per heavy atom. The molecule has 5 rings (SSSR count). The molecule has 1 aliphatic heterocycles. The van der Waals surface area contributed by atoms with Gasteiger partial charge in [-0.1, -0.05) is 0 Å². The Morgan fingerprint density at radius 2 is 2.00 bits per heavy atom. The number of benzene rings is 1. The monoisotopic (exact) mass is 470 g/mol. The SMILES string of the molecule is COc1ccc2cn(C[C@@]3(c4cc5nc(S(C)(=O)=O)ccc5o4)NC(=O)NC3=O)c(O)c2c1. The number of hydrogen-bond acceptors (Lipinski definition) is 8. The number of pyridine rings is 1. The predicted molar refractivity (Wildman–Crippen MR) is 116 cm³/mol. The Bertz CT molecular complexity index is 1570. The standard InChI is InChI=1S/C21H18N4O7S/c1-31-12-4-3-11-9-25(18(26)13(11)7-12)10-21(19(27)23-20(28)24-21)16-8-14-15(32-16)5-6-17(22-14)33(2,29)30/h3-9,26H,10H2,1-2H3,(H2,23,24,27,28)/t21-/m0/s1. The number of ether oxygens (including phenoxy) is 1. The van der Waals surface area contributed by atoms with Crippen LogP contribution < -0.4 is 15.4 Å². The van der Waals surface area contributed by atoms with Crippen molar-refractivity contribution in [1.82, 2.24) is 20.2 Å². The molecule has 33 heavy (non-hydrogen) atoms. The summed E-state index contributed by atoms with van der Waals surface area (Å²) in [6.07, 6.45) is 2.66. The Morgan fingerprint density at radius 1 is 1.21 bits per heavy atom. The Hall–Kier alpha value is -4.06. The number of imide groups is 1. The molecule has 0 radical (unpaired) electrons. The van der Waals surface area contributed by atoms with Crippen molar-refractivity contribution >= 4 is 43.6 Å². The Kier molecular flexibility index (Phi) is 4.40. The highest BCUT2D eigenvalue weighted by molar-refractivity contribution is 7.90. The van der Waals surface area contributed by atoms with Crippen LogP contribution in [0.5, 0.6) is 11.6 Å². The zero-order valence-corrected chi connectivity index (χ0v) is 18.3. The van der Waals surface area contributed by atoms with E-state index in [9.17, 15) is 23.1 Å². The van der Waals surface area contributed by atoms with Gasteiger partial charge >= 0.3 is 6.03 Å². The fraction of sp³-hybridized carbons (Fsp3) is 0.190. The van der Waals surface area contributed by atoms with E-state index in [0.717, 1.165) is 6.26 Å². The lowest BCUT2D eigenvalue weighted by molar-refractivity contribution is -0.125. The highest BCUT2D eigenvalue weighted by Gasteiger charge is 2.51. The van der Waals surface area contributed by atoms with Crippen molar-refractivity contribution < 1.29 is 32.3 Å². The third-order valence-electron chi connectivity index (χ3n) is 5.57. The van der Waals surface area contributed by atoms with Gasteiger partial charge in [0.1, 0.15) is 17.0 Å². The van der Waals surface area contributed by atoms with Crippen LogP contribution in [0.25, 0.3) is 21.9 Å². The minimum absolute atomic E-state index is 0.0359. The van der Waals surface area contributed by atoms with E-state index in [1.54, 1.807) is 24.4 Å². The number of sulfone groups is 1. The van der Waals surface area contributed by atoms with Crippen LogP contribution in [0, 0.1) is 0 Å². The topological polar surface area (TPSA) is 153 Å². The van der Waals surface area contributed by atoms with E-state index in [-0.39, 0.29) is 34.3 Å². The molecule has 3 aromatic heterocycles. The maximum absolute atomic E-state index is 13.0. The van der Waals surface area contributed by atoms with Crippen LogP contribution in [0.4, 0.5) is 4.79 Å². The molecule has 1 saturated heterocycles. The lowest BCUT2D eigenvalue weighted by Crippen LogP contribution is -2.47. The molecule has 3 N–H and O–H groups in total. The van der Waals surface area contributed by atoms with Crippen LogP contribution in [0.15, 0.2) is 52.0 Å². The number of nitrogens with zero attached hydrogens (tertiary/aromatic N) is 2. The van der Waals surface area contributed by atoms with Gasteiger partial charge in [-0.2, -0.15) is 0 Å². The maximum atomic E-state index is 13.0. The van der Waals surface area contributed by atoms with Gasteiger partial charge in [-0.15, -0.1) is 0 Å². The van der Waals surface area contributed by atoms with Crippen LogP contribution in [-0.2, 0) is 26.7 Å². The van der Waals surface area contributed by atoms with Crippen molar-refractivity contribution in [2.45, 2.75) is 17.1 Å². The number of carbonyl (C=O) groups excluding carboxylic acids is 2. The lowest BCUT2D eigenvalue weighted by atomic mass is 9.96. The summed E-state index contributed by atoms with van der Waals surface area (Å²) in [6.45, 7) is -0.202. The van der Waals surface area contributed by atoms with Gasteiger partial charge in [-0.05, 0) is 30.3 Å². The second kappa shape index (κ2) is 6.97. The summed E-state index contributed by atoms with van der Waals surface area (Å²) in [5.41, 5.74) is -1.27. The molecule has 170 valence electrons. The highest BCUT2D eigenvalue weighted by atomic mass is 32.2. The number of amides is 3. The van der Waals surface area contributed by atoms with Crippen molar-refractivity contribution in [1.29, 1.82) is 0 Å². The van der Waals surface area contributed by atoms with Gasteiger partial charge in [0, 0.05) is 29.3 Å². The summed E-state index contributed by atoms with van der Waals surface area (Å²) >= 11 is 0. The van der Waals surface area contributed by atoms with Crippen LogP contribution in [-0.4, -0.2) is 48.4 Å². The molecule has 4 heterocycles. The van der Waals surface area contributed by atoms with Gasteiger partial charge in [0.2, 0.25) is 0 Å². The number of methoxy groups -OCH3 is 1. The molecule has 1 atom stereocenters. The van der Waals surface area contributed by atoms with Crippen LogP contribution in [0.2, 0.25) is 0 Å². The number of aromatic hydroxyl groups is 1. The number of fused-ring (bicyclic) bond motifs is 2. The molecule has 4 aromatic rings. The van der Waals surface area contributed by atoms with Crippen LogP contribution in [0.3, 0.4) is 0 Å². The maximum Gasteiger partial charge on any atom is 0.322 e. The third-order valence-corrected chi connectivity index (χ3v) is 6.55. The van der Waals surface area contributed by atoms with E-state index >= 15 is 0 Å². The highest BCUT2D eigenvalue weighted by Crippen LogP contribution is 2.36. The summed E-state index contributed by atoms with van der Waals surface area (Å²) < 4.78 is 36.1. The molecule has 3 amide bonds. The van der Waals surface area contributed by atoms with Gasteiger partial charge in [0.15, 0.2) is 31.9 Å². The number of urea groups is 1. The van der Waals surface area contributed by atoms with E-state index in [4.69, 9.17) is 9.15 Å². The van der Waals surface area contributed by atoms with Crippen molar-refractivity contribution in [2.75, 3.05) is 13.4 Å². The molecule has 0 unspecified atom stereocenters. The minimum atomic E-state index is -3.56. The molecule has 12 heteroatoms. The van der Waals surface area contributed by atoms with E-state index < -0.39 is 27.3 Å². The molecular formula is C21H18N4O7S. The quantitative estimate of drug-likeness (QED) is 0.372. The minimum Gasteiger partial charge on any atom is -0.497 e. The van der Waals surface area contributed by atoms with E-state index in [1.165, 1.54) is 29.9 Å². The second-order valence-electron chi connectivity index (χ2n) is 7.76. The summed E-state index contributed by atoms with van der Waals surface area (Å²) in [7, 11) is -2.06. The largest absolute Gasteiger partial charge is 0.497 e. The van der Waals surface area contributed by atoms with Gasteiger partial charge in [0.25, 0.3) is 5.91 Å². The number of nitrogens with one attached hydrogen (secondary N) is 2. The molecule has 0 saturated carbocycles. The molecule has 0 bridgehead atoms. The average molecular weight is 470 g/mol. The molecular weight excluding hydrogens is 452 g/mol. The van der Waals surface area contributed by atoms with Crippen LogP contribution in [0.1, 0.15) is 5.76 Å². The summed E-state index contributed by atoms with van der Waals surface area (Å²) in [6, 6.07) is 8.53. The number of rotatable bonds is 5. The summed E-state index contributed by atoms with van der Waals surface area (Å²) in [5, 5.41) is 16.6. The zero-order valence-electron chi connectivity index (χ0n) is 17.4. The average Bonchev–Trinajstić information content (AvgIpc) is 3.41. The van der Waals surface area contributed by atoms with Gasteiger partial charge < -0.3 is 24.1 Å². The first-order valence-electron chi connectivity index (χ1n) is 9.71. The van der Waals surface area contributed by atoms with Gasteiger partial charge in [0.05, 0.1) is 13.7 Å². The third kappa shape index (κ3) is 3.26. The van der Waals surface area contributed by atoms with E-state index in [2.05, 4.69) is 15.6 Å². The summed E-state index contributed by atoms with van der Waals surface area (Å²) in [5.74, 6) is -0.244. The molecule has 1 fully saturated rings. The lowest BCUT2D eigenvalue weighted by Gasteiger charge is -2.24. The van der Waals surface area contributed by atoms with Crippen LogP contribution >= 0.6 is 0 Å². The number of hydrogen-bond donors (Lipinski definition) is 3. The van der Waals surface area contributed by atoms with Crippen molar-refractivity contribution in [3.63, 3.8) is 0 Å². The van der Waals surface area contributed by atoms with Gasteiger partial charge in [-0.25, -0.2) is 18.2 Å². The molecule has 1 aliphatic rings. The molecule has 1 aromatic carbocycles. The zero-order chi connectivity index (χ0) is 23.5. The number of aromatic nitrogens is 2. The predicted octanol–water partition coefficient (Wildman–Crippen LogP) is 1.64. The smallest absolute Gasteiger partial charge is 0.322 e. The fourth-order valence-corrected chi connectivity index (χ4v) is 4.48. The number of carbonyl (C=O) groups is 2. The second-order valence-corrected chi connectivity index (χ2v) is 9.73. The van der Waals surface area contributed by atoms with Gasteiger partial charge in [-0.3, -0.25) is 10.1 Å².